The molecule has 1 aromatic heterocycles. The quantitative estimate of drug-likeness (QED) is 0.126. The number of phosphoric acid groups is 3. The highest BCUT2D eigenvalue weighted by atomic mass is 31.3. The molecule has 1 fully saturated rings. The van der Waals surface area contributed by atoms with Crippen LogP contribution in [0.5, 0.6) is 0 Å². The van der Waals surface area contributed by atoms with Crippen LogP contribution in [0.15, 0.2) is 21.9 Å². The third kappa shape index (κ3) is 8.50. The molecule has 2 rings (SSSR count). The van der Waals surface area contributed by atoms with Crippen molar-refractivity contribution in [2.75, 3.05) is 6.61 Å². The topological polar surface area (TPSA) is 287 Å². The smallest absolute Gasteiger partial charge is 0.390 e. The number of amides is 1. The number of aliphatic hydroxyl groups excluding tert-OH is 1. The summed E-state index contributed by atoms with van der Waals surface area (Å²) in [5.74, 6) is -0.869. The Morgan fingerprint density at radius 1 is 1.21 bits per heavy atom. The summed E-state index contributed by atoms with van der Waals surface area (Å²) >= 11 is 0. The zero-order chi connectivity index (χ0) is 25.2. The zero-order valence-electron chi connectivity index (χ0n) is 16.1. The highest BCUT2D eigenvalue weighted by molar-refractivity contribution is 7.66. The fraction of sp³-hybridized carbons (Fsp3) is 0.417. The van der Waals surface area contributed by atoms with Gasteiger partial charge in [-0.25, -0.2) is 18.5 Å². The van der Waals surface area contributed by atoms with E-state index in [1.165, 1.54) is 0 Å². The first-order valence-electron chi connectivity index (χ1n) is 8.43. The minimum absolute atomic E-state index is 0.164. The van der Waals surface area contributed by atoms with Gasteiger partial charge in [0.1, 0.15) is 12.3 Å². The fourth-order valence-corrected chi connectivity index (χ4v) is 5.54. The van der Waals surface area contributed by atoms with E-state index in [2.05, 4.69) is 13.1 Å². The number of primary amides is 1. The first kappa shape index (κ1) is 27.5. The summed E-state index contributed by atoms with van der Waals surface area (Å²) in [6, 6.07) is 0. The summed E-state index contributed by atoms with van der Waals surface area (Å²) in [7, 11) is -16.7. The van der Waals surface area contributed by atoms with E-state index in [1.54, 1.807) is 0 Å². The number of hydrogen-bond acceptors (Lipinski definition) is 11. The third-order valence-electron chi connectivity index (χ3n) is 3.75. The fourth-order valence-electron chi connectivity index (χ4n) is 2.51. The molecule has 1 saturated heterocycles. The molecular weight excluding hydrogens is 519 g/mol. The second-order valence-corrected chi connectivity index (χ2v) is 10.7. The van der Waals surface area contributed by atoms with E-state index in [9.17, 15) is 38.1 Å². The molecular formula is C12H18N3O15P3. The number of nitrogens with one attached hydrogen (secondary N) is 1. The van der Waals surface area contributed by atoms with Crippen molar-refractivity contribution in [3.8, 4) is 0 Å². The number of nitrogens with two attached hydrogens (primary N) is 1. The number of nitrogens with zero attached hydrogens (tertiary/aromatic N) is 1. The molecule has 0 aliphatic carbocycles. The predicted octanol–water partition coefficient (Wildman–Crippen LogP) is -1.97. The van der Waals surface area contributed by atoms with Gasteiger partial charge in [0.15, 0.2) is 0 Å². The van der Waals surface area contributed by atoms with Crippen LogP contribution in [-0.4, -0.2) is 59.0 Å². The number of phosphoric ester groups is 1. The number of hydrogen-bond donors (Lipinski definition) is 7. The van der Waals surface area contributed by atoms with E-state index in [4.69, 9.17) is 25.2 Å². The number of aromatic amines is 1. The van der Waals surface area contributed by atoms with Crippen molar-refractivity contribution < 1.29 is 61.1 Å². The summed E-state index contributed by atoms with van der Waals surface area (Å²) in [4.78, 5) is 72.2. The molecule has 2 heterocycles. The van der Waals surface area contributed by atoms with Crippen molar-refractivity contribution in [2.24, 2.45) is 5.73 Å². The molecule has 0 aromatic carbocycles. The van der Waals surface area contributed by atoms with E-state index in [-0.39, 0.29) is 12.0 Å². The van der Waals surface area contributed by atoms with Crippen molar-refractivity contribution in [2.45, 2.75) is 24.9 Å². The lowest BCUT2D eigenvalue weighted by atomic mass is 10.2. The molecule has 0 bridgehead atoms. The van der Waals surface area contributed by atoms with Crippen LogP contribution in [0, 0.1) is 0 Å². The molecule has 0 spiro atoms. The number of aliphatic hydroxyl groups is 1. The molecule has 0 saturated carbocycles. The lowest BCUT2D eigenvalue weighted by molar-refractivity contribution is -0.113. The monoisotopic (exact) mass is 537 g/mol. The number of ether oxygens (including phenoxy) is 1. The van der Waals surface area contributed by atoms with Gasteiger partial charge < -0.3 is 35.2 Å². The third-order valence-corrected chi connectivity index (χ3v) is 7.56. The highest BCUT2D eigenvalue weighted by Crippen LogP contribution is 2.66. The van der Waals surface area contributed by atoms with Crippen molar-refractivity contribution in [3.63, 3.8) is 0 Å². The molecule has 1 aromatic rings. The van der Waals surface area contributed by atoms with Gasteiger partial charge in [-0.3, -0.25) is 23.7 Å². The predicted molar refractivity (Wildman–Crippen MR) is 104 cm³/mol. The van der Waals surface area contributed by atoms with Crippen LogP contribution in [0.1, 0.15) is 18.2 Å². The standard InChI is InChI=1S/C12H18N3O15P3/c13-9(17)2-1-6-4-15(12(19)14-11(6)18)10-3-7(16)8(28-10)5-27-32(23,24)30-33(25,26)29-31(20,21)22/h1-2,4,7-8,10,16H,3,5H2,(H2,13,17)(H,23,24)(H,25,26)(H,14,18,19)(H2,20,21,22)/b2-1+/t7-,8?,10-/m1/s1. The van der Waals surface area contributed by atoms with Gasteiger partial charge in [-0.15, -0.1) is 0 Å². The second-order valence-electron chi connectivity index (χ2n) is 6.31. The van der Waals surface area contributed by atoms with Crippen LogP contribution in [0.2, 0.25) is 0 Å². The summed E-state index contributed by atoms with van der Waals surface area (Å²) in [5.41, 5.74) is 2.97. The molecule has 3 unspecified atom stereocenters. The van der Waals surface area contributed by atoms with Gasteiger partial charge in [-0.05, 0) is 6.08 Å². The van der Waals surface area contributed by atoms with E-state index >= 15 is 0 Å². The Labute approximate surface area is 182 Å². The molecule has 5 atom stereocenters. The van der Waals surface area contributed by atoms with Gasteiger partial charge in [0.25, 0.3) is 5.56 Å². The molecule has 1 amide bonds. The van der Waals surface area contributed by atoms with Crippen LogP contribution in [0.3, 0.4) is 0 Å². The molecule has 8 N–H and O–H groups in total. The van der Waals surface area contributed by atoms with Crippen LogP contribution >= 0.6 is 23.5 Å². The van der Waals surface area contributed by atoms with Crippen molar-refractivity contribution in [3.05, 3.63) is 38.7 Å². The Hall–Kier alpha value is -1.78. The van der Waals surface area contributed by atoms with Gasteiger partial charge in [0.05, 0.1) is 18.3 Å². The maximum absolute atomic E-state index is 12.1. The summed E-state index contributed by atoms with van der Waals surface area (Å²) < 4.78 is 51.3. The van der Waals surface area contributed by atoms with Gasteiger partial charge in [-0.2, -0.15) is 8.62 Å². The minimum Gasteiger partial charge on any atom is -0.390 e. The number of H-pyrrole nitrogens is 1. The second kappa shape index (κ2) is 10.2. The maximum Gasteiger partial charge on any atom is 0.490 e. The van der Waals surface area contributed by atoms with E-state index in [1.807, 2.05) is 4.98 Å². The van der Waals surface area contributed by atoms with Crippen LogP contribution in [0.25, 0.3) is 6.08 Å². The van der Waals surface area contributed by atoms with E-state index < -0.39 is 65.7 Å². The summed E-state index contributed by atoms with van der Waals surface area (Å²) in [5, 5.41) is 10.1. The van der Waals surface area contributed by atoms with Gasteiger partial charge in [-0.1, -0.05) is 0 Å². The SMILES string of the molecule is NC(=O)/C=C/c1cn([C@H]2C[C@@H](O)C(COP(=O)(O)OP(=O)(O)OP(=O)(O)O)O2)c(=O)[nH]c1=O. The first-order valence-corrected chi connectivity index (χ1v) is 12.9. The van der Waals surface area contributed by atoms with Crippen molar-refractivity contribution in [1.82, 2.24) is 9.55 Å². The van der Waals surface area contributed by atoms with Gasteiger partial charge >= 0.3 is 29.2 Å². The van der Waals surface area contributed by atoms with Gasteiger partial charge in [0, 0.05) is 18.7 Å². The molecule has 186 valence electrons. The first-order chi connectivity index (χ1) is 15.0. The Balaban J connectivity index is 2.10. The molecule has 1 aliphatic rings. The molecule has 0 radical (unpaired) electrons. The lowest BCUT2D eigenvalue weighted by Gasteiger charge is -2.19. The zero-order valence-corrected chi connectivity index (χ0v) is 18.7. The number of aromatic nitrogens is 2. The lowest BCUT2D eigenvalue weighted by Crippen LogP contribution is -2.33. The van der Waals surface area contributed by atoms with Crippen molar-refractivity contribution >= 4 is 35.5 Å². The summed E-state index contributed by atoms with van der Waals surface area (Å²) in [6.07, 6.45) is -1.43. The molecule has 21 heteroatoms. The average molecular weight is 537 g/mol. The minimum atomic E-state index is -5.73. The molecule has 33 heavy (non-hydrogen) atoms. The largest absolute Gasteiger partial charge is 0.490 e. The van der Waals surface area contributed by atoms with Crippen LogP contribution in [-0.2, 0) is 36.4 Å². The van der Waals surface area contributed by atoms with Crippen LogP contribution < -0.4 is 17.0 Å². The van der Waals surface area contributed by atoms with E-state index in [0.29, 0.717) is 0 Å². The molecule has 1 aliphatic heterocycles. The normalized spacial score (nSPS) is 25.1. The Kier molecular flexibility index (Phi) is 8.51. The summed E-state index contributed by atoms with van der Waals surface area (Å²) in [6.45, 7) is -0.951. The van der Waals surface area contributed by atoms with E-state index in [0.717, 1.165) is 22.9 Å². The van der Waals surface area contributed by atoms with Crippen LogP contribution in [0.4, 0.5) is 0 Å². The number of carbonyl (C=O) groups excluding carboxylic acids is 1. The Morgan fingerprint density at radius 2 is 1.85 bits per heavy atom. The number of carbonyl (C=O) groups is 1. The maximum atomic E-state index is 12.1. The average Bonchev–Trinajstić information content (AvgIpc) is 2.96. The van der Waals surface area contributed by atoms with Gasteiger partial charge in [0.2, 0.25) is 5.91 Å². The number of rotatable bonds is 10. The van der Waals surface area contributed by atoms with Crippen molar-refractivity contribution in [1.29, 1.82) is 0 Å². The highest BCUT2D eigenvalue weighted by Gasteiger charge is 2.43. The Morgan fingerprint density at radius 3 is 2.42 bits per heavy atom. The Bertz CT molecular complexity index is 1180. The molecule has 18 nitrogen and oxygen atoms in total.